The van der Waals surface area contributed by atoms with Gasteiger partial charge in [-0.05, 0) is 29.7 Å². The summed E-state index contributed by atoms with van der Waals surface area (Å²) < 4.78 is 1.85. The fourth-order valence-electron chi connectivity index (χ4n) is 2.80. The Morgan fingerprint density at radius 2 is 1.88 bits per heavy atom. The van der Waals surface area contributed by atoms with E-state index in [4.69, 9.17) is 0 Å². The SMILES string of the molecule is C[C@H](Cc1ccc2ccccc2c1)NC(=O)N(C)CCn1cnnc1. The summed E-state index contributed by atoms with van der Waals surface area (Å²) >= 11 is 0. The van der Waals surface area contributed by atoms with Crippen LogP contribution in [0.2, 0.25) is 0 Å². The van der Waals surface area contributed by atoms with Gasteiger partial charge < -0.3 is 14.8 Å². The van der Waals surface area contributed by atoms with Gasteiger partial charge in [0.2, 0.25) is 0 Å². The largest absolute Gasteiger partial charge is 0.335 e. The highest BCUT2D eigenvalue weighted by Crippen LogP contribution is 2.16. The summed E-state index contributed by atoms with van der Waals surface area (Å²) in [6.45, 7) is 3.31. The highest BCUT2D eigenvalue weighted by atomic mass is 16.2. The second-order valence-electron chi connectivity index (χ2n) is 6.36. The minimum Gasteiger partial charge on any atom is -0.335 e. The Morgan fingerprint density at radius 1 is 1.16 bits per heavy atom. The maximum Gasteiger partial charge on any atom is 0.317 e. The van der Waals surface area contributed by atoms with Crippen LogP contribution in [0.15, 0.2) is 55.1 Å². The van der Waals surface area contributed by atoms with Crippen molar-refractivity contribution in [2.75, 3.05) is 13.6 Å². The minimum atomic E-state index is -0.0682. The van der Waals surface area contributed by atoms with Crippen LogP contribution < -0.4 is 5.32 Å². The Hall–Kier alpha value is -2.89. The van der Waals surface area contributed by atoms with Crippen LogP contribution in [-0.2, 0) is 13.0 Å². The van der Waals surface area contributed by atoms with E-state index in [-0.39, 0.29) is 12.1 Å². The van der Waals surface area contributed by atoms with E-state index in [9.17, 15) is 4.79 Å². The van der Waals surface area contributed by atoms with E-state index in [1.807, 2.05) is 23.6 Å². The van der Waals surface area contributed by atoms with Crippen LogP contribution in [0.25, 0.3) is 10.8 Å². The molecule has 0 spiro atoms. The molecular formula is C19H23N5O. The summed E-state index contributed by atoms with van der Waals surface area (Å²) in [7, 11) is 1.79. The molecule has 25 heavy (non-hydrogen) atoms. The van der Waals surface area contributed by atoms with Crippen molar-refractivity contribution < 1.29 is 4.79 Å². The number of amides is 2. The van der Waals surface area contributed by atoms with Crippen LogP contribution in [0.3, 0.4) is 0 Å². The van der Waals surface area contributed by atoms with E-state index in [1.54, 1.807) is 24.6 Å². The van der Waals surface area contributed by atoms with Gasteiger partial charge in [0.25, 0.3) is 0 Å². The van der Waals surface area contributed by atoms with Crippen LogP contribution in [0.4, 0.5) is 4.79 Å². The van der Waals surface area contributed by atoms with Crippen molar-refractivity contribution in [1.29, 1.82) is 0 Å². The van der Waals surface area contributed by atoms with Gasteiger partial charge in [-0.15, -0.1) is 10.2 Å². The van der Waals surface area contributed by atoms with Gasteiger partial charge in [-0.1, -0.05) is 42.5 Å². The summed E-state index contributed by atoms with van der Waals surface area (Å²) in [4.78, 5) is 14.0. The Morgan fingerprint density at radius 3 is 2.64 bits per heavy atom. The van der Waals surface area contributed by atoms with Crippen LogP contribution in [0, 0.1) is 0 Å². The summed E-state index contributed by atoms with van der Waals surface area (Å²) in [6, 6.07) is 14.7. The van der Waals surface area contributed by atoms with E-state index >= 15 is 0 Å². The molecular weight excluding hydrogens is 314 g/mol. The lowest BCUT2D eigenvalue weighted by Crippen LogP contribution is -2.43. The summed E-state index contributed by atoms with van der Waals surface area (Å²) in [5, 5.41) is 13.0. The molecule has 0 saturated carbocycles. The molecule has 0 unspecified atom stereocenters. The number of urea groups is 1. The van der Waals surface area contributed by atoms with Gasteiger partial charge in [-0.25, -0.2) is 4.79 Å². The molecule has 1 heterocycles. The number of rotatable bonds is 6. The third-order valence-electron chi connectivity index (χ3n) is 4.23. The molecule has 3 aromatic rings. The smallest absolute Gasteiger partial charge is 0.317 e. The molecule has 6 nitrogen and oxygen atoms in total. The second kappa shape index (κ2) is 7.79. The van der Waals surface area contributed by atoms with Gasteiger partial charge in [0, 0.05) is 26.2 Å². The summed E-state index contributed by atoms with van der Waals surface area (Å²) in [5.41, 5.74) is 1.22. The Labute approximate surface area is 147 Å². The Balaban J connectivity index is 1.51. The molecule has 0 saturated heterocycles. The third-order valence-corrected chi connectivity index (χ3v) is 4.23. The molecule has 1 atom stereocenters. The van der Waals surface area contributed by atoms with Crippen LogP contribution in [0.1, 0.15) is 12.5 Å². The first-order valence-electron chi connectivity index (χ1n) is 8.43. The van der Waals surface area contributed by atoms with E-state index in [2.05, 4.69) is 45.8 Å². The van der Waals surface area contributed by atoms with Gasteiger partial charge in [0.05, 0.1) is 0 Å². The zero-order valence-electron chi connectivity index (χ0n) is 14.6. The minimum absolute atomic E-state index is 0.0611. The number of benzene rings is 2. The van der Waals surface area contributed by atoms with Crippen LogP contribution in [0.5, 0.6) is 0 Å². The molecule has 130 valence electrons. The number of carbonyl (C=O) groups excluding carboxylic acids is 1. The molecule has 0 radical (unpaired) electrons. The van der Waals surface area contributed by atoms with Crippen molar-refractivity contribution in [2.24, 2.45) is 0 Å². The highest BCUT2D eigenvalue weighted by Gasteiger charge is 2.12. The van der Waals surface area contributed by atoms with Crippen molar-refractivity contribution in [3.8, 4) is 0 Å². The van der Waals surface area contributed by atoms with E-state index in [0.717, 1.165) is 6.42 Å². The van der Waals surface area contributed by atoms with Gasteiger partial charge in [-0.2, -0.15) is 0 Å². The topological polar surface area (TPSA) is 63.1 Å². The van der Waals surface area contributed by atoms with Crippen LogP contribution in [-0.4, -0.2) is 45.3 Å². The molecule has 1 N–H and O–H groups in total. The molecule has 0 aliphatic carbocycles. The summed E-state index contributed by atoms with van der Waals surface area (Å²) in [5.74, 6) is 0. The molecule has 0 fully saturated rings. The molecule has 0 aliphatic heterocycles. The summed E-state index contributed by atoms with van der Waals surface area (Å²) in [6.07, 6.45) is 4.10. The lowest BCUT2D eigenvalue weighted by atomic mass is 10.0. The lowest BCUT2D eigenvalue weighted by Gasteiger charge is -2.21. The molecule has 2 amide bonds. The van der Waals surface area contributed by atoms with Gasteiger partial charge >= 0.3 is 6.03 Å². The average molecular weight is 337 g/mol. The Bertz CT molecular complexity index is 831. The molecule has 0 bridgehead atoms. The first-order valence-corrected chi connectivity index (χ1v) is 8.43. The number of likely N-dealkylation sites (N-methyl/N-ethyl adjacent to an activating group) is 1. The first-order chi connectivity index (χ1) is 12.1. The lowest BCUT2D eigenvalue weighted by molar-refractivity contribution is 0.203. The maximum atomic E-state index is 12.3. The predicted octanol–water partition coefficient (Wildman–Crippen LogP) is 2.70. The highest BCUT2D eigenvalue weighted by molar-refractivity contribution is 5.83. The van der Waals surface area contributed by atoms with E-state index < -0.39 is 0 Å². The molecule has 0 aliphatic rings. The second-order valence-corrected chi connectivity index (χ2v) is 6.36. The quantitative estimate of drug-likeness (QED) is 0.752. The maximum absolute atomic E-state index is 12.3. The van der Waals surface area contributed by atoms with E-state index in [0.29, 0.717) is 13.1 Å². The van der Waals surface area contributed by atoms with Crippen molar-refractivity contribution in [3.05, 3.63) is 60.7 Å². The van der Waals surface area contributed by atoms with Gasteiger partial charge in [-0.3, -0.25) is 0 Å². The fraction of sp³-hybridized carbons (Fsp3) is 0.316. The third kappa shape index (κ3) is 4.56. The first kappa shape index (κ1) is 17.0. The van der Waals surface area contributed by atoms with Gasteiger partial charge in [0.15, 0.2) is 0 Å². The van der Waals surface area contributed by atoms with Crippen molar-refractivity contribution in [1.82, 2.24) is 25.0 Å². The number of hydrogen-bond acceptors (Lipinski definition) is 3. The van der Waals surface area contributed by atoms with Crippen LogP contribution >= 0.6 is 0 Å². The zero-order chi connectivity index (χ0) is 17.6. The van der Waals surface area contributed by atoms with Crippen molar-refractivity contribution in [2.45, 2.75) is 25.9 Å². The monoisotopic (exact) mass is 337 g/mol. The van der Waals surface area contributed by atoms with Gasteiger partial charge in [0.1, 0.15) is 12.7 Å². The molecule has 3 rings (SSSR count). The average Bonchev–Trinajstić information content (AvgIpc) is 3.13. The molecule has 1 aromatic heterocycles. The predicted molar refractivity (Wildman–Crippen MR) is 98.3 cm³/mol. The number of carbonyl (C=O) groups is 1. The van der Waals surface area contributed by atoms with Crippen molar-refractivity contribution in [3.63, 3.8) is 0 Å². The molecule has 2 aromatic carbocycles. The zero-order valence-corrected chi connectivity index (χ0v) is 14.6. The van der Waals surface area contributed by atoms with Crippen molar-refractivity contribution >= 4 is 16.8 Å². The number of aromatic nitrogens is 3. The normalized spacial score (nSPS) is 12.1. The number of nitrogens with zero attached hydrogens (tertiary/aromatic N) is 4. The fourth-order valence-corrected chi connectivity index (χ4v) is 2.80. The standard InChI is InChI=1S/C19H23N5O/c1-15(11-16-7-8-17-5-3-4-6-18(17)12-16)22-19(25)23(2)9-10-24-13-20-21-14-24/h3-8,12-15H,9-11H2,1-2H3,(H,22,25)/t15-/m1/s1. The number of hydrogen-bond donors (Lipinski definition) is 1. The number of nitrogens with one attached hydrogen (secondary N) is 1. The molecule has 6 heteroatoms. The number of fused-ring (bicyclic) bond motifs is 1. The van der Waals surface area contributed by atoms with E-state index in [1.165, 1.54) is 16.3 Å². The Kier molecular flexibility index (Phi) is 5.28.